The Balaban J connectivity index is 0. The van der Waals surface area contributed by atoms with Gasteiger partial charge in [-0.1, -0.05) is 70.4 Å². The number of rotatable bonds is 15. The number of hydrogen-bond acceptors (Lipinski definition) is 3. The average molecular weight is 345 g/mol. The highest BCUT2D eigenvalue weighted by molar-refractivity contribution is 5.66. The minimum atomic E-state index is -1.50. The lowest BCUT2D eigenvalue weighted by Gasteiger charge is -1.99. The summed E-state index contributed by atoms with van der Waals surface area (Å²) in [4.78, 5) is 18.7. The normalized spacial score (nSPS) is 10.4. The Labute approximate surface area is 146 Å². The van der Waals surface area contributed by atoms with Crippen molar-refractivity contribution < 1.29 is 20.2 Å². The van der Waals surface area contributed by atoms with E-state index in [1.165, 1.54) is 70.6 Å². The number of carboxylic acid groups (broad SMARTS) is 1. The molecule has 0 aliphatic rings. The van der Waals surface area contributed by atoms with Crippen LogP contribution in [0.25, 0.3) is 0 Å². The van der Waals surface area contributed by atoms with Crippen molar-refractivity contribution >= 4 is 5.97 Å². The van der Waals surface area contributed by atoms with Crippen LogP contribution in [-0.2, 0) is 4.79 Å². The van der Waals surface area contributed by atoms with Crippen molar-refractivity contribution in [3.05, 3.63) is 22.3 Å². The molecule has 24 heavy (non-hydrogen) atoms. The number of carbonyl (C=O) groups is 1. The number of nitrogens with zero attached hydrogens (tertiary/aromatic N) is 1. The Morgan fingerprint density at radius 2 is 1.25 bits per heavy atom. The van der Waals surface area contributed by atoms with Gasteiger partial charge in [0.2, 0.25) is 0 Å². The molecule has 0 unspecified atom stereocenters. The predicted octanol–water partition coefficient (Wildman–Crippen LogP) is 5.76. The molecule has 0 rings (SSSR count). The van der Waals surface area contributed by atoms with E-state index in [9.17, 15) is 4.79 Å². The minimum absolute atomic E-state index is 0.332. The highest BCUT2D eigenvalue weighted by atomic mass is 16.9. The van der Waals surface area contributed by atoms with Crippen LogP contribution in [0.1, 0.15) is 96.8 Å². The summed E-state index contributed by atoms with van der Waals surface area (Å²) in [6.45, 7) is 2.26. The number of unbranched alkanes of at least 4 members (excludes halogenated alkanes) is 11. The van der Waals surface area contributed by atoms with Crippen molar-refractivity contribution in [3.8, 4) is 0 Å². The molecule has 0 saturated heterocycles. The van der Waals surface area contributed by atoms with Gasteiger partial charge in [-0.05, 0) is 32.1 Å². The fourth-order valence-corrected chi connectivity index (χ4v) is 2.35. The molecule has 6 heteroatoms. The van der Waals surface area contributed by atoms with Crippen LogP contribution >= 0.6 is 0 Å². The van der Waals surface area contributed by atoms with Crippen LogP contribution in [0.2, 0.25) is 0 Å². The molecule has 2 N–H and O–H groups in total. The largest absolute Gasteiger partial charge is 0.481 e. The Morgan fingerprint density at radius 3 is 1.67 bits per heavy atom. The molecular weight excluding hydrogens is 310 g/mol. The van der Waals surface area contributed by atoms with Gasteiger partial charge in [0.05, 0.1) is 0 Å². The van der Waals surface area contributed by atoms with E-state index >= 15 is 0 Å². The molecular formula is C18H35NO5. The Morgan fingerprint density at radius 1 is 0.875 bits per heavy atom. The van der Waals surface area contributed by atoms with Crippen LogP contribution in [0.4, 0.5) is 0 Å². The Bertz CT molecular complexity index is 315. The van der Waals surface area contributed by atoms with Crippen molar-refractivity contribution in [1.82, 2.24) is 0 Å². The molecule has 0 radical (unpaired) electrons. The smallest absolute Gasteiger partial charge is 0.303 e. The van der Waals surface area contributed by atoms with Gasteiger partial charge in [0.25, 0.3) is 5.09 Å². The molecule has 142 valence electrons. The van der Waals surface area contributed by atoms with Gasteiger partial charge in [-0.2, -0.15) is 0 Å². The summed E-state index contributed by atoms with van der Waals surface area (Å²) in [6, 6.07) is 0. The number of allylic oxidation sites excluding steroid dienone is 2. The molecule has 0 aromatic carbocycles. The quantitative estimate of drug-likeness (QED) is 0.170. The molecule has 0 atom stereocenters. The van der Waals surface area contributed by atoms with E-state index in [0.29, 0.717) is 6.42 Å². The third kappa shape index (κ3) is 32.4. The van der Waals surface area contributed by atoms with E-state index in [-0.39, 0.29) is 0 Å². The van der Waals surface area contributed by atoms with Gasteiger partial charge in [-0.25, -0.2) is 0 Å². The molecule has 0 aliphatic carbocycles. The van der Waals surface area contributed by atoms with Crippen molar-refractivity contribution in [2.24, 2.45) is 0 Å². The third-order valence-corrected chi connectivity index (χ3v) is 3.65. The zero-order chi connectivity index (χ0) is 18.5. The molecule has 0 spiro atoms. The van der Waals surface area contributed by atoms with Crippen LogP contribution in [-0.4, -0.2) is 21.4 Å². The molecule has 6 nitrogen and oxygen atoms in total. The first-order valence-corrected chi connectivity index (χ1v) is 9.20. The lowest BCUT2D eigenvalue weighted by molar-refractivity contribution is -0.742. The van der Waals surface area contributed by atoms with Crippen LogP contribution in [0.15, 0.2) is 12.2 Å². The van der Waals surface area contributed by atoms with E-state index < -0.39 is 11.1 Å². The highest BCUT2D eigenvalue weighted by Gasteiger charge is 1.95. The Kier molecular flexibility index (Phi) is 22.0. The number of aliphatic carboxylic acids is 1. The number of hydrogen-bond donors (Lipinski definition) is 2. The van der Waals surface area contributed by atoms with Gasteiger partial charge in [0, 0.05) is 6.42 Å². The summed E-state index contributed by atoms with van der Waals surface area (Å²) >= 11 is 0. The molecule has 0 aliphatic heterocycles. The zero-order valence-corrected chi connectivity index (χ0v) is 15.1. The van der Waals surface area contributed by atoms with E-state index in [2.05, 4.69) is 19.1 Å². The van der Waals surface area contributed by atoms with E-state index in [0.717, 1.165) is 12.8 Å². The maximum atomic E-state index is 10.3. The summed E-state index contributed by atoms with van der Waals surface area (Å²) in [5.41, 5.74) is 0. The third-order valence-electron chi connectivity index (χ3n) is 3.65. The minimum Gasteiger partial charge on any atom is -0.481 e. The van der Waals surface area contributed by atoms with Gasteiger partial charge in [-0.15, -0.1) is 10.1 Å². The maximum Gasteiger partial charge on any atom is 0.303 e. The molecule has 0 saturated carbocycles. The molecule has 0 aromatic rings. The summed E-state index contributed by atoms with van der Waals surface area (Å²) in [5, 5.41) is 22.1. The van der Waals surface area contributed by atoms with Crippen LogP contribution in [0.5, 0.6) is 0 Å². The van der Waals surface area contributed by atoms with Crippen LogP contribution in [0, 0.1) is 10.1 Å². The second kappa shape index (κ2) is 21.4. The number of carboxylic acids is 1. The lowest BCUT2D eigenvalue weighted by atomic mass is 10.1. The highest BCUT2D eigenvalue weighted by Crippen LogP contribution is 2.09. The van der Waals surface area contributed by atoms with Crippen LogP contribution < -0.4 is 0 Å². The first kappa shape index (κ1) is 24.7. The summed E-state index contributed by atoms with van der Waals surface area (Å²) < 4.78 is 0. The fraction of sp³-hybridized carbons (Fsp3) is 0.833. The monoisotopic (exact) mass is 345 g/mol. The van der Waals surface area contributed by atoms with Gasteiger partial charge in [0.1, 0.15) is 0 Å². The maximum absolute atomic E-state index is 10.3. The molecule has 0 amide bonds. The average Bonchev–Trinajstić information content (AvgIpc) is 2.50. The molecule has 0 heterocycles. The fourth-order valence-electron chi connectivity index (χ4n) is 2.35. The van der Waals surface area contributed by atoms with E-state index in [4.69, 9.17) is 20.4 Å². The van der Waals surface area contributed by atoms with E-state index in [1.807, 2.05) is 0 Å². The predicted molar refractivity (Wildman–Crippen MR) is 95.9 cm³/mol. The van der Waals surface area contributed by atoms with Gasteiger partial charge >= 0.3 is 5.97 Å². The van der Waals surface area contributed by atoms with Crippen molar-refractivity contribution in [3.63, 3.8) is 0 Å². The lowest BCUT2D eigenvalue weighted by Crippen LogP contribution is -1.93. The van der Waals surface area contributed by atoms with Gasteiger partial charge < -0.3 is 10.3 Å². The zero-order valence-electron chi connectivity index (χ0n) is 15.1. The summed E-state index contributed by atoms with van der Waals surface area (Å²) in [7, 11) is 0. The van der Waals surface area contributed by atoms with Gasteiger partial charge in [-0.3, -0.25) is 4.79 Å². The van der Waals surface area contributed by atoms with Gasteiger partial charge in [0.15, 0.2) is 0 Å². The van der Waals surface area contributed by atoms with Crippen molar-refractivity contribution in [2.75, 3.05) is 0 Å². The second-order valence-electron chi connectivity index (χ2n) is 5.97. The second-order valence-corrected chi connectivity index (χ2v) is 5.97. The Hall–Kier alpha value is -1.59. The standard InChI is InChI=1S/C18H34O2.HNO3/c1-2-3-4-5-6-7-8-9-10-11-12-13-14-15-16-17-18(19)20;2-1(3)4/h9-10H,2-8,11-17H2,1H3,(H,19,20);(H,2,3,4). The van der Waals surface area contributed by atoms with Crippen molar-refractivity contribution in [2.45, 2.75) is 96.8 Å². The topological polar surface area (TPSA) is 101 Å². The first-order valence-electron chi connectivity index (χ1n) is 9.20. The summed E-state index contributed by atoms with van der Waals surface area (Å²) in [5.74, 6) is -0.664. The SMILES string of the molecule is CCCCCCCCC=CCCCCCCCC(=O)O.O=[N+]([O-])O. The first-order chi connectivity index (χ1) is 11.5. The van der Waals surface area contributed by atoms with Crippen LogP contribution in [0.3, 0.4) is 0 Å². The van der Waals surface area contributed by atoms with E-state index in [1.54, 1.807) is 0 Å². The molecule has 0 fully saturated rings. The molecule has 0 aromatic heterocycles. The molecule has 0 bridgehead atoms. The summed E-state index contributed by atoms with van der Waals surface area (Å²) in [6.07, 6.45) is 21.2. The van der Waals surface area contributed by atoms with Crippen molar-refractivity contribution in [1.29, 1.82) is 0 Å².